The molecule has 1 aromatic heterocycles. The van der Waals surface area contributed by atoms with E-state index in [9.17, 15) is 23.1 Å². The van der Waals surface area contributed by atoms with Crippen molar-refractivity contribution < 1.29 is 27.7 Å². The number of carbonyl (C=O) groups excluding carboxylic acids is 2. The summed E-state index contributed by atoms with van der Waals surface area (Å²) in [7, 11) is -4.33. The van der Waals surface area contributed by atoms with Crippen molar-refractivity contribution in [3.8, 4) is 11.1 Å². The van der Waals surface area contributed by atoms with E-state index in [2.05, 4.69) is 22.2 Å². The van der Waals surface area contributed by atoms with Gasteiger partial charge in [-0.1, -0.05) is 94.3 Å². The van der Waals surface area contributed by atoms with Gasteiger partial charge in [0.05, 0.1) is 17.5 Å². The molecule has 0 fully saturated rings. The third-order valence-electron chi connectivity index (χ3n) is 6.21. The lowest BCUT2D eigenvalue weighted by Gasteiger charge is -2.05. The molecule has 213 valence electrons. The number of amides is 1. The average molecular weight is 559 g/mol. The van der Waals surface area contributed by atoms with Gasteiger partial charge in [0.15, 0.2) is 0 Å². The topological polar surface area (TPSA) is 149 Å². The van der Waals surface area contributed by atoms with Gasteiger partial charge in [0.25, 0.3) is 5.16 Å². The van der Waals surface area contributed by atoms with Crippen molar-refractivity contribution in [2.45, 2.75) is 89.1 Å². The molecule has 1 amide bonds. The number of fused-ring (bicyclic) bond motifs is 1. The molecule has 39 heavy (non-hydrogen) atoms. The fourth-order valence-electron chi connectivity index (χ4n) is 4.12. The maximum atomic E-state index is 11.5. The molecule has 1 radical (unpaired) electrons. The molecule has 0 aliphatic carbocycles. The van der Waals surface area contributed by atoms with Gasteiger partial charge in [0, 0.05) is 18.5 Å². The summed E-state index contributed by atoms with van der Waals surface area (Å²) in [4.78, 5) is 28.2. The van der Waals surface area contributed by atoms with Gasteiger partial charge < -0.3 is 10.3 Å². The summed E-state index contributed by atoms with van der Waals surface area (Å²) < 4.78 is 31.3. The van der Waals surface area contributed by atoms with E-state index < -0.39 is 21.2 Å². The number of carbonyl (C=O) groups is 2. The summed E-state index contributed by atoms with van der Waals surface area (Å²) in [5, 5.41) is 12.6. The summed E-state index contributed by atoms with van der Waals surface area (Å²) in [6, 6.07) is 14.9. The fourth-order valence-corrected chi connectivity index (χ4v) is 4.56. The van der Waals surface area contributed by atoms with Crippen molar-refractivity contribution in [2.75, 3.05) is 6.54 Å². The Morgan fingerprint density at radius 2 is 1.49 bits per heavy atom. The number of rotatable bonds is 16. The number of benzene rings is 2. The molecule has 0 bridgehead atoms. The Morgan fingerprint density at radius 1 is 0.846 bits per heavy atom. The highest BCUT2D eigenvalue weighted by molar-refractivity contribution is 7.85. The van der Waals surface area contributed by atoms with E-state index in [4.69, 9.17) is 4.55 Å². The van der Waals surface area contributed by atoms with Crippen LogP contribution in [0.3, 0.4) is 0 Å². The van der Waals surface area contributed by atoms with Gasteiger partial charge in [0.2, 0.25) is 5.91 Å². The Balaban J connectivity index is 0.000000273. The Labute approximate surface area is 231 Å². The third-order valence-corrected chi connectivity index (χ3v) is 6.89. The van der Waals surface area contributed by atoms with Crippen molar-refractivity contribution in [2.24, 2.45) is 0 Å². The number of nitrogens with one attached hydrogen (secondary N) is 2. The normalized spacial score (nSPS) is 11.1. The van der Waals surface area contributed by atoms with Gasteiger partial charge in [-0.25, -0.2) is 14.9 Å². The van der Waals surface area contributed by atoms with E-state index in [1.807, 2.05) is 36.4 Å². The lowest BCUT2D eigenvalue weighted by molar-refractivity contribution is -0.143. The van der Waals surface area contributed by atoms with Crippen LogP contribution in [0.4, 0.5) is 0 Å². The van der Waals surface area contributed by atoms with Gasteiger partial charge >= 0.3 is 16.1 Å². The van der Waals surface area contributed by atoms with Crippen LogP contribution in [-0.4, -0.2) is 41.4 Å². The molecule has 0 spiro atoms. The first-order chi connectivity index (χ1) is 18.7. The van der Waals surface area contributed by atoms with E-state index in [-0.39, 0.29) is 12.3 Å². The molecule has 9 nitrogen and oxygen atoms in total. The maximum absolute atomic E-state index is 11.5. The zero-order chi connectivity index (χ0) is 28.5. The van der Waals surface area contributed by atoms with Crippen LogP contribution >= 0.6 is 0 Å². The van der Waals surface area contributed by atoms with Crippen LogP contribution in [0.25, 0.3) is 22.2 Å². The van der Waals surface area contributed by atoms with Crippen LogP contribution in [-0.2, 0) is 24.8 Å². The first-order valence-corrected chi connectivity index (χ1v) is 15.1. The van der Waals surface area contributed by atoms with E-state index in [0.717, 1.165) is 36.8 Å². The molecule has 0 atom stereocenters. The predicted molar refractivity (Wildman–Crippen MR) is 151 cm³/mol. The molecular formula is C29H40N3O6S. The Bertz CT molecular complexity index is 1260. The number of hydrogen-bond acceptors (Lipinski definition) is 5. The van der Waals surface area contributed by atoms with Crippen molar-refractivity contribution >= 4 is 33.0 Å². The zero-order valence-electron chi connectivity index (χ0n) is 22.7. The Kier molecular flexibility index (Phi) is 14.2. The summed E-state index contributed by atoms with van der Waals surface area (Å²) in [5.41, 5.74) is 2.86. The number of aromatic amines is 1. The standard InChI is InChI=1S/C16H30NO3.C13H10N2O3S/c1-2-3-4-5-6-7-9-12-15(18)17-14-11-8-10-13-16(19)20;16-19(17,18)13-14-11-8-4-7-10(12(11)15-13)9-5-2-1-3-6-9/h2-14H2,1H3,(H,17,18);1-8H,(H,14,15)(H,16,17,18). The Morgan fingerprint density at radius 3 is 2.15 bits per heavy atom. The first-order valence-electron chi connectivity index (χ1n) is 13.7. The summed E-state index contributed by atoms with van der Waals surface area (Å²) in [5.74, 6) is -0.869. The van der Waals surface area contributed by atoms with Crippen LogP contribution in [0.2, 0.25) is 0 Å². The molecule has 10 heteroatoms. The summed E-state index contributed by atoms with van der Waals surface area (Å²) in [6.45, 7) is 2.87. The number of hydrogen-bond donors (Lipinski definition) is 3. The lowest BCUT2D eigenvalue weighted by atomic mass is 10.0. The van der Waals surface area contributed by atoms with E-state index in [1.165, 1.54) is 32.1 Å². The second kappa shape index (κ2) is 17.4. The largest absolute Gasteiger partial charge is 0.356 e. The van der Waals surface area contributed by atoms with E-state index in [0.29, 0.717) is 30.4 Å². The van der Waals surface area contributed by atoms with E-state index >= 15 is 0 Å². The smallest absolute Gasteiger partial charge is 0.355 e. The molecule has 2 aromatic carbocycles. The van der Waals surface area contributed by atoms with Crippen LogP contribution in [0.1, 0.15) is 84.0 Å². The third kappa shape index (κ3) is 12.4. The zero-order valence-corrected chi connectivity index (χ0v) is 23.5. The highest BCUT2D eigenvalue weighted by Gasteiger charge is 2.17. The number of H-pyrrole nitrogens is 1. The van der Waals surface area contributed by atoms with Crippen molar-refractivity contribution in [1.29, 1.82) is 0 Å². The molecule has 3 N–H and O–H groups in total. The number of para-hydroxylation sites is 1. The average Bonchev–Trinajstić information content (AvgIpc) is 3.36. The van der Waals surface area contributed by atoms with Gasteiger partial charge in [-0.3, -0.25) is 9.35 Å². The summed E-state index contributed by atoms with van der Waals surface area (Å²) >= 11 is 0. The minimum Gasteiger partial charge on any atom is -0.356 e. The monoisotopic (exact) mass is 558 g/mol. The molecule has 0 saturated heterocycles. The van der Waals surface area contributed by atoms with Crippen LogP contribution < -0.4 is 5.32 Å². The molecule has 1 heterocycles. The van der Waals surface area contributed by atoms with Crippen LogP contribution in [0.15, 0.2) is 53.7 Å². The van der Waals surface area contributed by atoms with E-state index in [1.54, 1.807) is 12.1 Å². The molecule has 0 aliphatic rings. The summed E-state index contributed by atoms with van der Waals surface area (Å²) in [6.07, 6.45) is 11.6. The minimum absolute atomic E-state index is 0.117. The highest BCUT2D eigenvalue weighted by Crippen LogP contribution is 2.27. The van der Waals surface area contributed by atoms with Gasteiger partial charge in [-0.15, -0.1) is 0 Å². The molecule has 0 saturated carbocycles. The molecule has 0 aliphatic heterocycles. The van der Waals surface area contributed by atoms with Crippen LogP contribution in [0.5, 0.6) is 0 Å². The van der Waals surface area contributed by atoms with Gasteiger partial charge in [-0.05, 0) is 30.9 Å². The molecule has 3 aromatic rings. The molecule has 0 unspecified atom stereocenters. The number of imidazole rings is 1. The Hall–Kier alpha value is -3.24. The van der Waals surface area contributed by atoms with Crippen molar-refractivity contribution in [1.82, 2.24) is 15.3 Å². The second-order valence-corrected chi connectivity index (χ2v) is 10.8. The maximum Gasteiger partial charge on any atom is 0.355 e. The van der Waals surface area contributed by atoms with Gasteiger partial charge in [0.1, 0.15) is 0 Å². The molecule has 3 rings (SSSR count). The lowest BCUT2D eigenvalue weighted by Crippen LogP contribution is -2.23. The fraction of sp³-hybridized carbons (Fsp3) is 0.483. The number of unbranched alkanes of at least 4 members (excludes halogenated alkanes) is 8. The second-order valence-electron chi connectivity index (χ2n) is 9.49. The van der Waals surface area contributed by atoms with Crippen LogP contribution in [0, 0.1) is 0 Å². The minimum atomic E-state index is -4.33. The quantitative estimate of drug-likeness (QED) is 0.140. The molecular weight excluding hydrogens is 518 g/mol. The van der Waals surface area contributed by atoms with Crippen molar-refractivity contribution in [3.05, 3.63) is 48.5 Å². The number of aromatic nitrogens is 2. The van der Waals surface area contributed by atoms with Crippen molar-refractivity contribution in [3.63, 3.8) is 0 Å². The first kappa shape index (κ1) is 32.0. The predicted octanol–water partition coefficient (Wildman–Crippen LogP) is 6.24. The highest BCUT2D eigenvalue weighted by atomic mass is 32.2. The van der Waals surface area contributed by atoms with Gasteiger partial charge in [-0.2, -0.15) is 8.42 Å². The number of nitrogens with zero attached hydrogens (tertiary/aromatic N) is 1. The SMILES string of the molecule is CCCCCCCCCC(=O)NCCCCCC([O])=O.O=S(=O)(O)c1nc2cccc(-c3ccccc3)c2[nH]1.